The number of sulfonamides is 1. The Labute approximate surface area is 172 Å². The lowest BCUT2D eigenvalue weighted by Gasteiger charge is -2.26. The SMILES string of the molecule is O=S(=O)(c1ccc(NC(c2ccccc2)c2ccccc2)cc1)N1CCOCC1. The average molecular weight is 409 g/mol. The van der Waals surface area contributed by atoms with Gasteiger partial charge < -0.3 is 10.1 Å². The molecule has 1 saturated heterocycles. The second-order valence-electron chi connectivity index (χ2n) is 6.94. The Hall–Kier alpha value is -2.67. The summed E-state index contributed by atoms with van der Waals surface area (Å²) in [5, 5.41) is 3.54. The summed E-state index contributed by atoms with van der Waals surface area (Å²) in [5.41, 5.74) is 3.15. The van der Waals surface area contributed by atoms with Gasteiger partial charge in [0.1, 0.15) is 0 Å². The standard InChI is InChI=1S/C23H24N2O3S/c26-29(27,25-15-17-28-18-16-25)22-13-11-21(12-14-22)24-23(19-7-3-1-4-8-19)20-9-5-2-6-10-20/h1-14,23-24H,15-18H2. The number of rotatable bonds is 6. The van der Waals surface area contributed by atoms with Crippen molar-refractivity contribution < 1.29 is 13.2 Å². The van der Waals surface area contributed by atoms with Crippen molar-refractivity contribution in [2.24, 2.45) is 0 Å². The van der Waals surface area contributed by atoms with Crippen LogP contribution in [0, 0.1) is 0 Å². The third-order valence-corrected chi connectivity index (χ3v) is 6.95. The molecule has 0 spiro atoms. The monoisotopic (exact) mass is 408 g/mol. The molecule has 0 saturated carbocycles. The van der Waals surface area contributed by atoms with Crippen molar-refractivity contribution in [3.63, 3.8) is 0 Å². The van der Waals surface area contributed by atoms with Gasteiger partial charge in [0.2, 0.25) is 10.0 Å². The summed E-state index contributed by atoms with van der Waals surface area (Å²) in [7, 11) is -3.49. The molecule has 1 aliphatic heterocycles. The van der Waals surface area contributed by atoms with Gasteiger partial charge in [-0.05, 0) is 35.4 Å². The van der Waals surface area contributed by atoms with Gasteiger partial charge in [-0.2, -0.15) is 4.31 Å². The van der Waals surface area contributed by atoms with Gasteiger partial charge in [0.15, 0.2) is 0 Å². The van der Waals surface area contributed by atoms with Gasteiger partial charge in [-0.15, -0.1) is 0 Å². The van der Waals surface area contributed by atoms with E-state index in [1.54, 1.807) is 12.1 Å². The van der Waals surface area contributed by atoms with Crippen LogP contribution in [0.3, 0.4) is 0 Å². The zero-order chi connectivity index (χ0) is 20.1. The summed E-state index contributed by atoms with van der Waals surface area (Å²) in [6, 6.07) is 27.4. The number of nitrogens with zero attached hydrogens (tertiary/aromatic N) is 1. The zero-order valence-corrected chi connectivity index (χ0v) is 16.9. The molecule has 3 aromatic rings. The number of hydrogen-bond acceptors (Lipinski definition) is 4. The van der Waals surface area contributed by atoms with Crippen molar-refractivity contribution in [3.8, 4) is 0 Å². The third-order valence-electron chi connectivity index (χ3n) is 5.04. The molecule has 0 radical (unpaired) electrons. The van der Waals surface area contributed by atoms with E-state index in [0.29, 0.717) is 31.2 Å². The first-order chi connectivity index (χ1) is 14.1. The highest BCUT2D eigenvalue weighted by molar-refractivity contribution is 7.89. The van der Waals surface area contributed by atoms with Crippen LogP contribution >= 0.6 is 0 Å². The van der Waals surface area contributed by atoms with Gasteiger partial charge in [-0.3, -0.25) is 0 Å². The van der Waals surface area contributed by atoms with E-state index in [0.717, 1.165) is 16.8 Å². The molecular formula is C23H24N2O3S. The van der Waals surface area contributed by atoms with Crippen LogP contribution in [-0.2, 0) is 14.8 Å². The van der Waals surface area contributed by atoms with Crippen LogP contribution in [0.25, 0.3) is 0 Å². The Kier molecular flexibility index (Phi) is 5.94. The number of benzene rings is 3. The molecule has 150 valence electrons. The topological polar surface area (TPSA) is 58.6 Å². The molecule has 0 unspecified atom stereocenters. The first kappa shape index (κ1) is 19.6. The molecule has 1 fully saturated rings. The van der Waals surface area contributed by atoms with E-state index in [-0.39, 0.29) is 6.04 Å². The summed E-state index contributed by atoms with van der Waals surface area (Å²) in [5.74, 6) is 0. The molecule has 29 heavy (non-hydrogen) atoms. The molecule has 4 rings (SSSR count). The Morgan fingerprint density at radius 2 is 1.28 bits per heavy atom. The highest BCUT2D eigenvalue weighted by atomic mass is 32.2. The summed E-state index contributed by atoms with van der Waals surface area (Å²) in [6.45, 7) is 1.67. The molecule has 5 nitrogen and oxygen atoms in total. The van der Waals surface area contributed by atoms with Gasteiger partial charge >= 0.3 is 0 Å². The first-order valence-corrected chi connectivity index (χ1v) is 11.1. The molecule has 0 aliphatic carbocycles. The smallest absolute Gasteiger partial charge is 0.243 e. The quantitative estimate of drug-likeness (QED) is 0.672. The Morgan fingerprint density at radius 1 is 0.759 bits per heavy atom. The van der Waals surface area contributed by atoms with E-state index in [1.165, 1.54) is 4.31 Å². The molecular weight excluding hydrogens is 384 g/mol. The zero-order valence-electron chi connectivity index (χ0n) is 16.1. The van der Waals surface area contributed by atoms with Gasteiger partial charge in [0.25, 0.3) is 0 Å². The van der Waals surface area contributed by atoms with Gasteiger partial charge in [-0.1, -0.05) is 60.7 Å². The van der Waals surface area contributed by atoms with Gasteiger partial charge in [0, 0.05) is 18.8 Å². The van der Waals surface area contributed by atoms with Crippen LogP contribution < -0.4 is 5.32 Å². The largest absolute Gasteiger partial charge is 0.379 e. The molecule has 1 aliphatic rings. The number of anilines is 1. The number of nitrogens with one attached hydrogen (secondary N) is 1. The van der Waals surface area contributed by atoms with Crippen molar-refractivity contribution in [1.29, 1.82) is 0 Å². The van der Waals surface area contributed by atoms with Crippen molar-refractivity contribution in [1.82, 2.24) is 4.31 Å². The highest BCUT2D eigenvalue weighted by Crippen LogP contribution is 2.27. The maximum atomic E-state index is 12.8. The molecule has 1 N–H and O–H groups in total. The molecule has 0 bridgehead atoms. The lowest BCUT2D eigenvalue weighted by atomic mass is 9.98. The van der Waals surface area contributed by atoms with Crippen LogP contribution in [0.15, 0.2) is 89.8 Å². The second kappa shape index (κ2) is 8.78. The fraction of sp³-hybridized carbons (Fsp3) is 0.217. The average Bonchev–Trinajstić information content (AvgIpc) is 2.79. The summed E-state index contributed by atoms with van der Waals surface area (Å²) in [4.78, 5) is 0.306. The molecule has 3 aromatic carbocycles. The molecule has 0 amide bonds. The highest BCUT2D eigenvalue weighted by Gasteiger charge is 2.26. The van der Waals surface area contributed by atoms with Crippen LogP contribution in [-0.4, -0.2) is 39.0 Å². The minimum Gasteiger partial charge on any atom is -0.379 e. The van der Waals surface area contributed by atoms with Gasteiger partial charge in [-0.25, -0.2) is 8.42 Å². The number of ether oxygens (including phenoxy) is 1. The van der Waals surface area contributed by atoms with E-state index >= 15 is 0 Å². The predicted molar refractivity (Wildman–Crippen MR) is 114 cm³/mol. The fourth-order valence-corrected chi connectivity index (χ4v) is 4.88. The predicted octanol–water partition coefficient (Wildman–Crippen LogP) is 3.91. The number of morpholine rings is 1. The third kappa shape index (κ3) is 4.50. The summed E-state index contributed by atoms with van der Waals surface area (Å²) < 4.78 is 32.4. The minimum atomic E-state index is -3.49. The summed E-state index contributed by atoms with van der Waals surface area (Å²) in [6.07, 6.45) is 0. The Morgan fingerprint density at radius 3 is 1.79 bits per heavy atom. The molecule has 1 heterocycles. The van der Waals surface area contributed by atoms with E-state index in [9.17, 15) is 8.42 Å². The van der Waals surface area contributed by atoms with E-state index in [2.05, 4.69) is 29.6 Å². The van der Waals surface area contributed by atoms with Crippen LogP contribution in [0.2, 0.25) is 0 Å². The van der Waals surface area contributed by atoms with E-state index in [1.807, 2.05) is 48.5 Å². The molecule has 0 aromatic heterocycles. The molecule has 0 atom stereocenters. The van der Waals surface area contributed by atoms with Crippen LogP contribution in [0.4, 0.5) is 5.69 Å². The lowest BCUT2D eigenvalue weighted by Crippen LogP contribution is -2.40. The van der Waals surface area contributed by atoms with Crippen molar-refractivity contribution in [2.45, 2.75) is 10.9 Å². The van der Waals surface area contributed by atoms with Gasteiger partial charge in [0.05, 0.1) is 24.2 Å². The lowest BCUT2D eigenvalue weighted by molar-refractivity contribution is 0.0730. The van der Waals surface area contributed by atoms with Crippen LogP contribution in [0.1, 0.15) is 17.2 Å². The Balaban J connectivity index is 1.58. The molecule has 6 heteroatoms. The van der Waals surface area contributed by atoms with E-state index in [4.69, 9.17) is 4.74 Å². The summed E-state index contributed by atoms with van der Waals surface area (Å²) >= 11 is 0. The first-order valence-electron chi connectivity index (χ1n) is 9.69. The maximum Gasteiger partial charge on any atom is 0.243 e. The van der Waals surface area contributed by atoms with Crippen molar-refractivity contribution in [3.05, 3.63) is 96.1 Å². The maximum absolute atomic E-state index is 12.8. The normalized spacial score (nSPS) is 15.3. The van der Waals surface area contributed by atoms with Crippen molar-refractivity contribution >= 4 is 15.7 Å². The number of hydrogen-bond donors (Lipinski definition) is 1. The van der Waals surface area contributed by atoms with E-state index < -0.39 is 10.0 Å². The Bertz CT molecular complexity index is 977. The second-order valence-corrected chi connectivity index (χ2v) is 8.88. The van der Waals surface area contributed by atoms with Crippen molar-refractivity contribution in [2.75, 3.05) is 31.6 Å². The van der Waals surface area contributed by atoms with Crippen LogP contribution in [0.5, 0.6) is 0 Å². The fourth-order valence-electron chi connectivity index (χ4n) is 3.48. The minimum absolute atomic E-state index is 0.0286.